The van der Waals surface area contributed by atoms with Gasteiger partial charge in [-0.1, -0.05) is 30.3 Å². The molecule has 2 aliphatic rings. The summed E-state index contributed by atoms with van der Waals surface area (Å²) in [5, 5.41) is 12.6. The maximum absolute atomic E-state index is 13.2. The summed E-state index contributed by atoms with van der Waals surface area (Å²) >= 11 is 0. The number of rotatable bonds is 5. The van der Waals surface area contributed by atoms with Crippen LogP contribution in [0.3, 0.4) is 0 Å². The lowest BCUT2D eigenvalue weighted by Crippen LogP contribution is -2.52. The molecule has 0 N–H and O–H groups in total. The van der Waals surface area contributed by atoms with Crippen molar-refractivity contribution in [2.45, 2.75) is 45.4 Å². The SMILES string of the molecule is Cc1cc2nnc(C(=O)N3CCC(N4C(=O)OC[C@H]4C(=O)OCc4ccccc4)CC3)c(C)n2n1. The molecular formula is C24H26N6O5. The molecule has 5 rings (SSSR count). The molecule has 1 atom stereocenters. The highest BCUT2D eigenvalue weighted by atomic mass is 16.6. The van der Waals surface area contributed by atoms with Crippen LogP contribution in [0.1, 0.15) is 40.3 Å². The molecular weight excluding hydrogens is 452 g/mol. The number of hydrogen-bond donors (Lipinski definition) is 0. The first-order valence-corrected chi connectivity index (χ1v) is 11.6. The Bertz CT molecular complexity index is 1270. The molecule has 0 aliphatic carbocycles. The molecule has 0 radical (unpaired) electrons. The van der Waals surface area contributed by atoms with Crippen molar-refractivity contribution in [2.75, 3.05) is 19.7 Å². The van der Waals surface area contributed by atoms with Gasteiger partial charge in [0.25, 0.3) is 5.91 Å². The molecule has 4 heterocycles. The van der Waals surface area contributed by atoms with Crippen LogP contribution in [0.15, 0.2) is 36.4 Å². The van der Waals surface area contributed by atoms with Crippen molar-refractivity contribution in [1.29, 1.82) is 0 Å². The van der Waals surface area contributed by atoms with E-state index in [-0.39, 0.29) is 30.9 Å². The van der Waals surface area contributed by atoms with Crippen molar-refractivity contribution in [3.63, 3.8) is 0 Å². The third kappa shape index (κ3) is 4.41. The number of hydrogen-bond acceptors (Lipinski definition) is 8. The monoisotopic (exact) mass is 478 g/mol. The van der Waals surface area contributed by atoms with E-state index in [2.05, 4.69) is 15.3 Å². The van der Waals surface area contributed by atoms with E-state index in [1.807, 2.05) is 37.3 Å². The summed E-state index contributed by atoms with van der Waals surface area (Å²) in [5.74, 6) is -0.724. The van der Waals surface area contributed by atoms with Crippen LogP contribution in [0.4, 0.5) is 4.79 Å². The van der Waals surface area contributed by atoms with E-state index in [9.17, 15) is 14.4 Å². The number of aryl methyl sites for hydroxylation is 2. The second-order valence-corrected chi connectivity index (χ2v) is 8.81. The van der Waals surface area contributed by atoms with Crippen molar-refractivity contribution in [3.05, 3.63) is 59.0 Å². The fourth-order valence-electron chi connectivity index (χ4n) is 4.61. The standard InChI is InChI=1S/C24H26N6O5/c1-15-12-20-25-26-21(16(2)30(20)27-15)22(31)28-10-8-18(9-11-28)29-19(14-35-24(29)33)23(32)34-13-17-6-4-3-5-7-17/h3-7,12,18-19H,8-11,13-14H2,1-2H3/t19-/m0/s1. The summed E-state index contributed by atoms with van der Waals surface area (Å²) in [4.78, 5) is 41.5. The molecule has 2 saturated heterocycles. The van der Waals surface area contributed by atoms with E-state index in [1.54, 1.807) is 22.4 Å². The van der Waals surface area contributed by atoms with Crippen LogP contribution < -0.4 is 0 Å². The number of carbonyl (C=O) groups excluding carboxylic acids is 3. The van der Waals surface area contributed by atoms with Crippen LogP contribution in [0, 0.1) is 13.8 Å². The summed E-state index contributed by atoms with van der Waals surface area (Å²) in [6, 6.07) is 10.1. The van der Waals surface area contributed by atoms with Gasteiger partial charge < -0.3 is 14.4 Å². The van der Waals surface area contributed by atoms with Crippen LogP contribution in [-0.4, -0.2) is 79.4 Å². The van der Waals surface area contributed by atoms with E-state index >= 15 is 0 Å². The summed E-state index contributed by atoms with van der Waals surface area (Å²) in [6.07, 6.45) is 0.496. The van der Waals surface area contributed by atoms with Gasteiger partial charge in [0.05, 0.1) is 11.4 Å². The number of likely N-dealkylation sites (tertiary alicyclic amines) is 1. The third-order valence-electron chi connectivity index (χ3n) is 6.48. The molecule has 2 amide bonds. The largest absolute Gasteiger partial charge is 0.459 e. The van der Waals surface area contributed by atoms with Gasteiger partial charge in [-0.25, -0.2) is 14.1 Å². The fourth-order valence-corrected chi connectivity index (χ4v) is 4.61. The van der Waals surface area contributed by atoms with Crippen molar-refractivity contribution in [1.82, 2.24) is 29.6 Å². The predicted octanol–water partition coefficient (Wildman–Crippen LogP) is 1.91. The number of benzene rings is 1. The molecule has 0 bridgehead atoms. The minimum atomic E-state index is -0.794. The highest BCUT2D eigenvalue weighted by molar-refractivity contribution is 5.93. The number of amides is 2. The molecule has 11 heteroatoms. The zero-order chi connectivity index (χ0) is 24.5. The number of ether oxygens (including phenoxy) is 2. The van der Waals surface area contributed by atoms with Gasteiger partial charge in [0.15, 0.2) is 17.4 Å². The number of esters is 1. The van der Waals surface area contributed by atoms with Crippen LogP contribution >= 0.6 is 0 Å². The molecule has 35 heavy (non-hydrogen) atoms. The zero-order valence-corrected chi connectivity index (χ0v) is 19.6. The third-order valence-corrected chi connectivity index (χ3v) is 6.48. The zero-order valence-electron chi connectivity index (χ0n) is 19.6. The molecule has 0 saturated carbocycles. The molecule has 2 fully saturated rings. The van der Waals surface area contributed by atoms with E-state index in [0.29, 0.717) is 37.3 Å². The van der Waals surface area contributed by atoms with Gasteiger partial charge in [0.1, 0.15) is 13.2 Å². The van der Waals surface area contributed by atoms with E-state index in [0.717, 1.165) is 11.3 Å². The summed E-state index contributed by atoms with van der Waals surface area (Å²) < 4.78 is 12.3. The first-order valence-electron chi connectivity index (χ1n) is 11.6. The number of fused-ring (bicyclic) bond motifs is 1. The minimum absolute atomic E-state index is 0.0380. The fraction of sp³-hybridized carbons (Fsp3) is 0.417. The highest BCUT2D eigenvalue weighted by Gasteiger charge is 2.44. The maximum Gasteiger partial charge on any atom is 0.410 e. The number of aromatic nitrogens is 4. The van der Waals surface area contributed by atoms with Gasteiger partial charge in [0.2, 0.25) is 0 Å². The lowest BCUT2D eigenvalue weighted by molar-refractivity contribution is -0.150. The molecule has 11 nitrogen and oxygen atoms in total. The smallest absolute Gasteiger partial charge is 0.410 e. The lowest BCUT2D eigenvalue weighted by Gasteiger charge is -2.37. The van der Waals surface area contributed by atoms with Crippen molar-refractivity contribution in [3.8, 4) is 0 Å². The first kappa shape index (κ1) is 22.8. The molecule has 3 aromatic rings. The van der Waals surface area contributed by atoms with Gasteiger partial charge in [-0.3, -0.25) is 9.69 Å². The van der Waals surface area contributed by atoms with Gasteiger partial charge in [-0.2, -0.15) is 5.10 Å². The van der Waals surface area contributed by atoms with Crippen molar-refractivity contribution in [2.24, 2.45) is 0 Å². The van der Waals surface area contributed by atoms with Crippen LogP contribution in [0.2, 0.25) is 0 Å². The second kappa shape index (κ2) is 9.32. The molecule has 2 aromatic heterocycles. The normalized spacial score (nSPS) is 18.7. The summed E-state index contributed by atoms with van der Waals surface area (Å²) in [7, 11) is 0. The molecule has 1 aromatic carbocycles. The molecule has 182 valence electrons. The van der Waals surface area contributed by atoms with E-state index < -0.39 is 18.1 Å². The topological polar surface area (TPSA) is 119 Å². The Kier molecular flexibility index (Phi) is 6.06. The van der Waals surface area contributed by atoms with Crippen LogP contribution in [0.5, 0.6) is 0 Å². The van der Waals surface area contributed by atoms with Crippen molar-refractivity contribution >= 4 is 23.6 Å². The molecule has 0 unspecified atom stereocenters. The Hall–Kier alpha value is -4.02. The van der Waals surface area contributed by atoms with Crippen LogP contribution in [-0.2, 0) is 20.9 Å². The van der Waals surface area contributed by atoms with Gasteiger partial charge in [-0.15, -0.1) is 10.2 Å². The number of carbonyl (C=O) groups is 3. The van der Waals surface area contributed by atoms with Gasteiger partial charge >= 0.3 is 12.1 Å². The minimum Gasteiger partial charge on any atom is -0.459 e. The maximum atomic E-state index is 13.2. The number of nitrogens with zero attached hydrogens (tertiary/aromatic N) is 6. The summed E-state index contributed by atoms with van der Waals surface area (Å²) in [5.41, 5.74) is 3.13. The Morgan fingerprint density at radius 2 is 1.86 bits per heavy atom. The quantitative estimate of drug-likeness (QED) is 0.510. The average molecular weight is 479 g/mol. The van der Waals surface area contributed by atoms with Crippen LogP contribution in [0.25, 0.3) is 5.65 Å². The summed E-state index contributed by atoms with van der Waals surface area (Å²) in [6.45, 7) is 4.57. The van der Waals surface area contributed by atoms with E-state index in [1.165, 1.54) is 4.90 Å². The number of cyclic esters (lactones) is 1. The number of piperidine rings is 1. The average Bonchev–Trinajstić information content (AvgIpc) is 3.45. The Balaban J connectivity index is 1.22. The predicted molar refractivity (Wildman–Crippen MR) is 122 cm³/mol. The van der Waals surface area contributed by atoms with Crippen molar-refractivity contribution < 1.29 is 23.9 Å². The molecule has 0 spiro atoms. The van der Waals surface area contributed by atoms with E-state index in [4.69, 9.17) is 9.47 Å². The van der Waals surface area contributed by atoms with Gasteiger partial charge in [-0.05, 0) is 32.3 Å². The van der Waals surface area contributed by atoms with Gasteiger partial charge in [0, 0.05) is 25.2 Å². The Labute approximate surface area is 201 Å². The lowest BCUT2D eigenvalue weighted by atomic mass is 10.0. The highest BCUT2D eigenvalue weighted by Crippen LogP contribution is 2.26. The molecule has 2 aliphatic heterocycles. The first-order chi connectivity index (χ1) is 16.9. The second-order valence-electron chi connectivity index (χ2n) is 8.81. The Morgan fingerprint density at radius 1 is 1.11 bits per heavy atom. The Morgan fingerprint density at radius 3 is 2.60 bits per heavy atom.